The van der Waals surface area contributed by atoms with Crippen molar-refractivity contribution < 1.29 is 9.90 Å². The molecule has 0 atom stereocenters. The van der Waals surface area contributed by atoms with Crippen LogP contribution in [0.2, 0.25) is 0 Å². The minimum Gasteiger partial charge on any atom is -0.465 e. The maximum absolute atomic E-state index is 9.70. The van der Waals surface area contributed by atoms with Crippen LogP contribution in [-0.4, -0.2) is 11.2 Å². The standard InChI is InChI=1S/C4H5NO2/c6-4(7)5-3-1-2-3/h1,5H,2H2,(H,6,7). The third kappa shape index (κ3) is 1.26. The average molecular weight is 99.1 g/mol. The minimum absolute atomic E-state index is 0.812. The van der Waals surface area contributed by atoms with E-state index in [-0.39, 0.29) is 0 Å². The van der Waals surface area contributed by atoms with Crippen LogP contribution in [0.15, 0.2) is 11.8 Å². The van der Waals surface area contributed by atoms with Crippen molar-refractivity contribution in [3.63, 3.8) is 0 Å². The first-order valence-electron chi connectivity index (χ1n) is 1.98. The van der Waals surface area contributed by atoms with Crippen LogP contribution < -0.4 is 5.32 Å². The Hall–Kier alpha value is -0.990. The molecule has 0 bridgehead atoms. The second kappa shape index (κ2) is 1.26. The second-order valence-electron chi connectivity index (χ2n) is 1.36. The fourth-order valence-electron chi connectivity index (χ4n) is 0.290. The van der Waals surface area contributed by atoms with Crippen LogP contribution in [0.3, 0.4) is 0 Å². The number of amides is 1. The van der Waals surface area contributed by atoms with E-state index in [1.807, 2.05) is 6.08 Å². The van der Waals surface area contributed by atoms with E-state index in [0.717, 1.165) is 12.1 Å². The lowest BCUT2D eigenvalue weighted by Crippen LogP contribution is -2.14. The Labute approximate surface area is 40.6 Å². The predicted molar refractivity (Wildman–Crippen MR) is 23.9 cm³/mol. The van der Waals surface area contributed by atoms with Crippen LogP contribution in [0, 0.1) is 0 Å². The monoisotopic (exact) mass is 99.0 g/mol. The highest BCUT2D eigenvalue weighted by atomic mass is 16.4. The van der Waals surface area contributed by atoms with Crippen molar-refractivity contribution in [2.45, 2.75) is 6.42 Å². The van der Waals surface area contributed by atoms with E-state index in [1.165, 1.54) is 0 Å². The van der Waals surface area contributed by atoms with Gasteiger partial charge in [-0.15, -0.1) is 0 Å². The zero-order valence-corrected chi connectivity index (χ0v) is 3.64. The number of allylic oxidation sites excluding steroid dienone is 2. The Kier molecular flexibility index (Phi) is 0.749. The number of carbonyl (C=O) groups is 1. The van der Waals surface area contributed by atoms with Gasteiger partial charge in [-0.3, -0.25) is 5.32 Å². The molecule has 38 valence electrons. The molecule has 7 heavy (non-hydrogen) atoms. The molecule has 0 heterocycles. The molecule has 0 aliphatic heterocycles. The fourth-order valence-corrected chi connectivity index (χ4v) is 0.290. The largest absolute Gasteiger partial charge is 0.465 e. The van der Waals surface area contributed by atoms with E-state index in [1.54, 1.807) is 0 Å². The van der Waals surface area contributed by atoms with E-state index in [9.17, 15) is 4.79 Å². The molecular weight excluding hydrogens is 94.0 g/mol. The molecule has 1 aliphatic carbocycles. The van der Waals surface area contributed by atoms with Gasteiger partial charge in [0, 0.05) is 12.1 Å². The van der Waals surface area contributed by atoms with Gasteiger partial charge in [-0.2, -0.15) is 0 Å². The third-order valence-corrected chi connectivity index (χ3v) is 0.676. The molecule has 1 aliphatic rings. The molecule has 0 aromatic carbocycles. The topological polar surface area (TPSA) is 49.3 Å². The first-order valence-corrected chi connectivity index (χ1v) is 1.98. The fraction of sp³-hybridized carbons (Fsp3) is 0.250. The summed E-state index contributed by atoms with van der Waals surface area (Å²) in [5, 5.41) is 10.2. The predicted octanol–water partition coefficient (Wildman–Crippen LogP) is 0.542. The summed E-state index contributed by atoms with van der Waals surface area (Å²) in [4.78, 5) is 9.70. The highest BCUT2D eigenvalue weighted by Gasteiger charge is 2.08. The Balaban J connectivity index is 2.21. The van der Waals surface area contributed by atoms with Crippen molar-refractivity contribution in [2.24, 2.45) is 0 Å². The van der Waals surface area contributed by atoms with E-state index in [0.29, 0.717) is 0 Å². The molecule has 3 heteroatoms. The lowest BCUT2D eigenvalue weighted by Gasteiger charge is -1.86. The lowest BCUT2D eigenvalue weighted by atomic mass is 10.8. The van der Waals surface area contributed by atoms with Crippen molar-refractivity contribution >= 4 is 6.09 Å². The molecular formula is C4H5NO2. The van der Waals surface area contributed by atoms with Crippen LogP contribution in [0.25, 0.3) is 0 Å². The van der Waals surface area contributed by atoms with Gasteiger partial charge in [-0.25, -0.2) is 4.79 Å². The maximum Gasteiger partial charge on any atom is 0.408 e. The summed E-state index contributed by atoms with van der Waals surface area (Å²) in [5.74, 6) is 0. The minimum atomic E-state index is -0.969. The Morgan fingerprint density at radius 3 is 2.71 bits per heavy atom. The first kappa shape index (κ1) is 4.18. The van der Waals surface area contributed by atoms with Crippen molar-refractivity contribution in [3.05, 3.63) is 11.8 Å². The summed E-state index contributed by atoms with van der Waals surface area (Å²) in [7, 11) is 0. The zero-order chi connectivity index (χ0) is 5.28. The smallest absolute Gasteiger partial charge is 0.408 e. The van der Waals surface area contributed by atoms with Crippen LogP contribution >= 0.6 is 0 Å². The van der Waals surface area contributed by atoms with E-state index in [2.05, 4.69) is 5.32 Å². The lowest BCUT2D eigenvalue weighted by molar-refractivity contribution is 0.198. The molecule has 0 saturated heterocycles. The molecule has 1 amide bonds. The quantitative estimate of drug-likeness (QED) is 0.504. The molecule has 1 rings (SSSR count). The maximum atomic E-state index is 9.70. The zero-order valence-electron chi connectivity index (χ0n) is 3.64. The van der Waals surface area contributed by atoms with Gasteiger partial charge in [-0.1, -0.05) is 6.08 Å². The molecule has 0 unspecified atom stereocenters. The van der Waals surface area contributed by atoms with Gasteiger partial charge in [0.1, 0.15) is 0 Å². The van der Waals surface area contributed by atoms with Crippen molar-refractivity contribution in [3.8, 4) is 0 Å². The Morgan fingerprint density at radius 2 is 2.57 bits per heavy atom. The molecule has 2 N–H and O–H groups in total. The van der Waals surface area contributed by atoms with Crippen molar-refractivity contribution in [2.75, 3.05) is 0 Å². The summed E-state index contributed by atoms with van der Waals surface area (Å²) in [6, 6.07) is 0. The number of nitrogens with one attached hydrogen (secondary N) is 1. The number of rotatable bonds is 1. The Morgan fingerprint density at radius 1 is 2.00 bits per heavy atom. The molecule has 0 radical (unpaired) electrons. The van der Waals surface area contributed by atoms with Crippen molar-refractivity contribution in [1.82, 2.24) is 5.32 Å². The molecule has 0 aromatic heterocycles. The van der Waals surface area contributed by atoms with E-state index >= 15 is 0 Å². The van der Waals surface area contributed by atoms with Gasteiger partial charge in [0.05, 0.1) is 0 Å². The molecule has 0 fully saturated rings. The summed E-state index contributed by atoms with van der Waals surface area (Å²) in [6.07, 6.45) is 1.66. The van der Waals surface area contributed by atoms with Crippen LogP contribution in [0.5, 0.6) is 0 Å². The SMILES string of the molecule is O=C(O)NC1=CC1. The number of hydrogen-bond acceptors (Lipinski definition) is 1. The highest BCUT2D eigenvalue weighted by molar-refractivity contribution is 5.68. The normalized spacial score (nSPS) is 15.1. The number of carboxylic acid groups (broad SMARTS) is 1. The molecule has 0 saturated carbocycles. The summed E-state index contributed by atoms with van der Waals surface area (Å²) < 4.78 is 0. The van der Waals surface area contributed by atoms with Gasteiger partial charge in [-0.05, 0) is 0 Å². The number of hydrogen-bond donors (Lipinski definition) is 2. The molecule has 0 aromatic rings. The van der Waals surface area contributed by atoms with Crippen molar-refractivity contribution in [1.29, 1.82) is 0 Å². The van der Waals surface area contributed by atoms with Crippen LogP contribution in [-0.2, 0) is 0 Å². The molecule has 0 spiro atoms. The Bertz CT molecular complexity index is 128. The van der Waals surface area contributed by atoms with Crippen LogP contribution in [0.4, 0.5) is 4.79 Å². The van der Waals surface area contributed by atoms with Gasteiger partial charge in [0.25, 0.3) is 0 Å². The first-order chi connectivity index (χ1) is 3.29. The molecule has 3 nitrogen and oxygen atoms in total. The van der Waals surface area contributed by atoms with E-state index < -0.39 is 6.09 Å². The summed E-state index contributed by atoms with van der Waals surface area (Å²) >= 11 is 0. The summed E-state index contributed by atoms with van der Waals surface area (Å²) in [5.41, 5.74) is 0.813. The van der Waals surface area contributed by atoms with Gasteiger partial charge in [0.15, 0.2) is 0 Å². The van der Waals surface area contributed by atoms with Gasteiger partial charge < -0.3 is 5.11 Å². The second-order valence-corrected chi connectivity index (χ2v) is 1.36. The van der Waals surface area contributed by atoms with Gasteiger partial charge in [0.2, 0.25) is 0 Å². The van der Waals surface area contributed by atoms with E-state index in [4.69, 9.17) is 5.11 Å². The average Bonchev–Trinajstić information content (AvgIpc) is 2.17. The van der Waals surface area contributed by atoms with Crippen LogP contribution in [0.1, 0.15) is 6.42 Å². The highest BCUT2D eigenvalue weighted by Crippen LogP contribution is 2.12. The summed E-state index contributed by atoms with van der Waals surface area (Å²) in [6.45, 7) is 0. The third-order valence-electron chi connectivity index (χ3n) is 0.676. The van der Waals surface area contributed by atoms with Gasteiger partial charge >= 0.3 is 6.09 Å².